The Balaban J connectivity index is 4.22. The lowest BCUT2D eigenvalue weighted by molar-refractivity contribution is -0.132. The number of hydrogen-bond donors (Lipinski definition) is 0. The molecule has 0 fully saturated rings. The Morgan fingerprint density at radius 3 is 1.78 bits per heavy atom. The lowest BCUT2D eigenvalue weighted by Gasteiger charge is -2.23. The molecule has 0 aromatic rings. The van der Waals surface area contributed by atoms with Crippen molar-refractivity contribution in [2.75, 3.05) is 26.2 Å². The average molecular weight is 258 g/mol. The maximum Gasteiger partial charge on any atom is 0.410 e. The Kier molecular flexibility index (Phi) is 8.16. The lowest BCUT2D eigenvalue weighted by Crippen LogP contribution is -2.36. The summed E-state index contributed by atoms with van der Waals surface area (Å²) in [6, 6.07) is 0. The molecule has 0 rings (SSSR count). The molecule has 1 unspecified atom stereocenters. The van der Waals surface area contributed by atoms with E-state index in [9.17, 15) is 9.59 Å². The van der Waals surface area contributed by atoms with Crippen LogP contribution in [0.2, 0.25) is 0 Å². The summed E-state index contributed by atoms with van der Waals surface area (Å²) in [4.78, 5) is 26.8. The monoisotopic (exact) mass is 258 g/mol. The van der Waals surface area contributed by atoms with Crippen LogP contribution in [-0.4, -0.2) is 54.1 Å². The molecule has 0 aliphatic rings. The zero-order valence-electron chi connectivity index (χ0n) is 12.2. The van der Waals surface area contributed by atoms with Crippen LogP contribution in [0.4, 0.5) is 4.79 Å². The standard InChI is InChI=1S/C13H26N2O3/c1-6-14(7-2)12(16)10-11(5)18-13(17)15(8-3)9-4/h11H,6-10H2,1-5H3. The van der Waals surface area contributed by atoms with Crippen LogP contribution in [0, 0.1) is 0 Å². The Morgan fingerprint density at radius 1 is 0.944 bits per heavy atom. The molecular weight excluding hydrogens is 232 g/mol. The first-order valence-electron chi connectivity index (χ1n) is 6.73. The van der Waals surface area contributed by atoms with Crippen LogP contribution in [-0.2, 0) is 9.53 Å². The SMILES string of the molecule is CCN(CC)C(=O)CC(C)OC(=O)N(CC)CC. The fourth-order valence-electron chi connectivity index (χ4n) is 1.72. The van der Waals surface area contributed by atoms with Gasteiger partial charge in [-0.1, -0.05) is 0 Å². The molecule has 0 saturated heterocycles. The minimum absolute atomic E-state index is 0.0276. The number of amides is 2. The van der Waals surface area contributed by atoms with Crippen molar-refractivity contribution in [1.82, 2.24) is 9.80 Å². The van der Waals surface area contributed by atoms with E-state index >= 15 is 0 Å². The molecule has 18 heavy (non-hydrogen) atoms. The van der Waals surface area contributed by atoms with E-state index < -0.39 is 0 Å². The summed E-state index contributed by atoms with van der Waals surface area (Å²) in [5, 5.41) is 0. The molecular formula is C13H26N2O3. The van der Waals surface area contributed by atoms with Crippen LogP contribution in [0.25, 0.3) is 0 Å². The summed E-state index contributed by atoms with van der Waals surface area (Å²) in [7, 11) is 0. The van der Waals surface area contributed by atoms with Crippen LogP contribution >= 0.6 is 0 Å². The van der Waals surface area contributed by atoms with Gasteiger partial charge in [0.2, 0.25) is 5.91 Å². The summed E-state index contributed by atoms with van der Waals surface area (Å²) >= 11 is 0. The topological polar surface area (TPSA) is 49.9 Å². The highest BCUT2D eigenvalue weighted by Crippen LogP contribution is 2.05. The molecule has 0 heterocycles. The molecule has 5 nitrogen and oxygen atoms in total. The Morgan fingerprint density at radius 2 is 1.39 bits per heavy atom. The van der Waals surface area contributed by atoms with E-state index in [1.165, 1.54) is 0 Å². The fourth-order valence-corrected chi connectivity index (χ4v) is 1.72. The Hall–Kier alpha value is -1.26. The number of hydrogen-bond acceptors (Lipinski definition) is 3. The smallest absolute Gasteiger partial charge is 0.410 e. The third-order valence-electron chi connectivity index (χ3n) is 2.90. The number of rotatable bonds is 7. The van der Waals surface area contributed by atoms with Crippen molar-refractivity contribution < 1.29 is 14.3 Å². The predicted molar refractivity (Wildman–Crippen MR) is 71.4 cm³/mol. The molecule has 0 aromatic heterocycles. The van der Waals surface area contributed by atoms with Gasteiger partial charge in [-0.05, 0) is 34.6 Å². The third kappa shape index (κ3) is 5.38. The molecule has 0 saturated carbocycles. The van der Waals surface area contributed by atoms with Crippen molar-refractivity contribution in [3.63, 3.8) is 0 Å². The van der Waals surface area contributed by atoms with Crippen LogP contribution < -0.4 is 0 Å². The molecule has 0 bridgehead atoms. The summed E-state index contributed by atoms with van der Waals surface area (Å²) in [6.45, 7) is 12.0. The van der Waals surface area contributed by atoms with Crippen molar-refractivity contribution in [3.8, 4) is 0 Å². The molecule has 0 aliphatic heterocycles. The molecule has 106 valence electrons. The highest BCUT2D eigenvalue weighted by molar-refractivity contribution is 5.77. The van der Waals surface area contributed by atoms with Crippen molar-refractivity contribution in [2.24, 2.45) is 0 Å². The summed E-state index contributed by atoms with van der Waals surface area (Å²) in [5.41, 5.74) is 0. The van der Waals surface area contributed by atoms with Crippen molar-refractivity contribution in [2.45, 2.75) is 47.1 Å². The summed E-state index contributed by atoms with van der Waals surface area (Å²) < 4.78 is 5.24. The minimum Gasteiger partial charge on any atom is -0.446 e. The van der Waals surface area contributed by atoms with Gasteiger partial charge in [-0.2, -0.15) is 0 Å². The zero-order chi connectivity index (χ0) is 14.1. The zero-order valence-corrected chi connectivity index (χ0v) is 12.2. The number of carbonyl (C=O) groups excluding carboxylic acids is 2. The normalized spacial score (nSPS) is 11.8. The Labute approximate surface area is 110 Å². The first-order valence-corrected chi connectivity index (χ1v) is 6.73. The van der Waals surface area contributed by atoms with Gasteiger partial charge >= 0.3 is 6.09 Å². The van der Waals surface area contributed by atoms with Crippen molar-refractivity contribution in [3.05, 3.63) is 0 Å². The molecule has 2 amide bonds. The fraction of sp³-hybridized carbons (Fsp3) is 0.846. The maximum atomic E-state index is 11.8. The van der Waals surface area contributed by atoms with Gasteiger partial charge in [-0.3, -0.25) is 4.79 Å². The van der Waals surface area contributed by atoms with E-state index in [0.29, 0.717) is 26.2 Å². The summed E-state index contributed by atoms with van der Waals surface area (Å²) in [6.07, 6.45) is -0.486. The van der Waals surface area contributed by atoms with Gasteiger partial charge in [-0.25, -0.2) is 4.79 Å². The van der Waals surface area contributed by atoms with E-state index in [1.54, 1.807) is 16.7 Å². The van der Waals surface area contributed by atoms with E-state index in [2.05, 4.69) is 0 Å². The van der Waals surface area contributed by atoms with Gasteiger partial charge in [0, 0.05) is 26.2 Å². The lowest BCUT2D eigenvalue weighted by atomic mass is 10.2. The second kappa shape index (κ2) is 8.78. The van der Waals surface area contributed by atoms with Gasteiger partial charge < -0.3 is 14.5 Å². The third-order valence-corrected chi connectivity index (χ3v) is 2.90. The second-order valence-electron chi connectivity index (χ2n) is 4.14. The molecule has 5 heteroatoms. The molecule has 0 aliphatic carbocycles. The molecule has 0 radical (unpaired) electrons. The molecule has 1 atom stereocenters. The van der Waals surface area contributed by atoms with Crippen LogP contribution in [0.5, 0.6) is 0 Å². The molecule has 0 N–H and O–H groups in total. The average Bonchev–Trinajstić information content (AvgIpc) is 2.31. The quantitative estimate of drug-likeness (QED) is 0.702. The molecule has 0 spiro atoms. The highest BCUT2D eigenvalue weighted by atomic mass is 16.6. The van der Waals surface area contributed by atoms with Crippen LogP contribution in [0.15, 0.2) is 0 Å². The molecule has 0 aromatic carbocycles. The first-order chi connectivity index (χ1) is 8.49. The van der Waals surface area contributed by atoms with E-state index in [4.69, 9.17) is 4.74 Å². The van der Waals surface area contributed by atoms with Gasteiger partial charge in [0.25, 0.3) is 0 Å². The first kappa shape index (κ1) is 16.7. The van der Waals surface area contributed by atoms with Gasteiger partial charge in [0.05, 0.1) is 6.42 Å². The number of nitrogens with zero attached hydrogens (tertiary/aromatic N) is 2. The van der Waals surface area contributed by atoms with Gasteiger partial charge in [0.15, 0.2) is 0 Å². The minimum atomic E-state index is -0.383. The van der Waals surface area contributed by atoms with Crippen molar-refractivity contribution in [1.29, 1.82) is 0 Å². The van der Waals surface area contributed by atoms with E-state index in [1.807, 2.05) is 27.7 Å². The van der Waals surface area contributed by atoms with Crippen LogP contribution in [0.3, 0.4) is 0 Å². The number of carbonyl (C=O) groups is 2. The predicted octanol–water partition coefficient (Wildman–Crippen LogP) is 2.11. The number of ether oxygens (including phenoxy) is 1. The maximum absolute atomic E-state index is 11.8. The van der Waals surface area contributed by atoms with Gasteiger partial charge in [0.1, 0.15) is 6.10 Å². The largest absolute Gasteiger partial charge is 0.446 e. The summed E-state index contributed by atoms with van der Waals surface area (Å²) in [5.74, 6) is 0.0276. The highest BCUT2D eigenvalue weighted by Gasteiger charge is 2.19. The Bertz CT molecular complexity index is 235. The second-order valence-corrected chi connectivity index (χ2v) is 4.14. The van der Waals surface area contributed by atoms with Crippen molar-refractivity contribution >= 4 is 12.0 Å². The van der Waals surface area contributed by atoms with E-state index in [-0.39, 0.29) is 24.5 Å². The van der Waals surface area contributed by atoms with Gasteiger partial charge in [-0.15, -0.1) is 0 Å². The van der Waals surface area contributed by atoms with E-state index in [0.717, 1.165) is 0 Å². The van der Waals surface area contributed by atoms with Crippen LogP contribution in [0.1, 0.15) is 41.0 Å².